The molecule has 0 aliphatic carbocycles. The number of carbonyl (C=O) groups is 1. The Hall–Kier alpha value is -3.75. The number of pyridine rings is 1. The van der Waals surface area contributed by atoms with Crippen LogP contribution < -0.4 is 10.2 Å². The number of hydrogen-bond donors (Lipinski definition) is 1. The summed E-state index contributed by atoms with van der Waals surface area (Å²) < 4.78 is 1.69. The van der Waals surface area contributed by atoms with Gasteiger partial charge < -0.3 is 15.1 Å². The summed E-state index contributed by atoms with van der Waals surface area (Å²) in [6.45, 7) is 8.71. The van der Waals surface area contributed by atoms with E-state index in [-0.39, 0.29) is 11.9 Å². The number of anilines is 2. The summed E-state index contributed by atoms with van der Waals surface area (Å²) in [6.07, 6.45) is 3.25. The molecule has 1 atom stereocenters. The van der Waals surface area contributed by atoms with Gasteiger partial charge in [-0.1, -0.05) is 18.2 Å². The van der Waals surface area contributed by atoms with Gasteiger partial charge in [0, 0.05) is 50.1 Å². The van der Waals surface area contributed by atoms with E-state index in [0.717, 1.165) is 46.6 Å². The Bertz CT molecular complexity index is 1290. The number of aryl methyl sites for hydroxylation is 1. The van der Waals surface area contributed by atoms with Crippen molar-refractivity contribution in [1.82, 2.24) is 29.5 Å². The van der Waals surface area contributed by atoms with Gasteiger partial charge in [-0.05, 0) is 25.5 Å². The molecule has 32 heavy (non-hydrogen) atoms. The number of nitrogens with one attached hydrogen (secondary N) is 1. The SMILES string of the molecule is CC(=O)N1CCN(c2nc3c(C)cccc3cc2C(C)Nc2ncnc3ccnn23)CC1. The molecule has 5 rings (SSSR count). The number of aromatic nitrogens is 5. The van der Waals surface area contributed by atoms with Crippen molar-refractivity contribution in [3.63, 3.8) is 0 Å². The van der Waals surface area contributed by atoms with Gasteiger partial charge in [0.1, 0.15) is 12.1 Å². The molecule has 1 saturated heterocycles. The zero-order valence-corrected chi connectivity index (χ0v) is 18.5. The maximum Gasteiger partial charge on any atom is 0.227 e. The average Bonchev–Trinajstić information content (AvgIpc) is 3.29. The second-order valence-electron chi connectivity index (χ2n) is 8.21. The highest BCUT2D eigenvalue weighted by Crippen LogP contribution is 2.32. The minimum atomic E-state index is -0.0736. The topological polar surface area (TPSA) is 91.5 Å². The zero-order chi connectivity index (χ0) is 22.2. The first-order valence-electron chi connectivity index (χ1n) is 10.8. The van der Waals surface area contributed by atoms with E-state index in [1.807, 2.05) is 11.0 Å². The first-order valence-corrected chi connectivity index (χ1v) is 10.8. The van der Waals surface area contributed by atoms with E-state index in [0.29, 0.717) is 19.0 Å². The maximum atomic E-state index is 11.8. The minimum absolute atomic E-state index is 0.0736. The first-order chi connectivity index (χ1) is 15.5. The third kappa shape index (κ3) is 3.59. The standard InChI is InChI=1S/C23H26N8O/c1-15-5-4-6-18-13-19(16(2)27-23-25-14-24-20-7-8-26-31(20)23)22(28-21(15)18)30-11-9-29(10-12-30)17(3)32/h4-8,13-14,16H,9-12H2,1-3H3,(H,24,25,27). The van der Waals surface area contributed by atoms with Gasteiger partial charge in [0.05, 0.1) is 17.8 Å². The fraction of sp³-hybridized carbons (Fsp3) is 0.348. The fourth-order valence-electron chi connectivity index (χ4n) is 4.28. The number of hydrogen-bond acceptors (Lipinski definition) is 7. The third-order valence-corrected chi connectivity index (χ3v) is 6.09. The van der Waals surface area contributed by atoms with Crippen LogP contribution in [0.3, 0.4) is 0 Å². The third-order valence-electron chi connectivity index (χ3n) is 6.09. The molecule has 0 radical (unpaired) electrons. The molecule has 1 amide bonds. The Morgan fingerprint density at radius 3 is 2.72 bits per heavy atom. The minimum Gasteiger partial charge on any atom is -0.353 e. The molecule has 1 aromatic carbocycles. The Morgan fingerprint density at radius 1 is 1.12 bits per heavy atom. The van der Waals surface area contributed by atoms with Gasteiger partial charge in [0.25, 0.3) is 0 Å². The summed E-state index contributed by atoms with van der Waals surface area (Å²) in [5.41, 5.74) is 3.97. The van der Waals surface area contributed by atoms with Crippen molar-refractivity contribution in [2.75, 3.05) is 36.4 Å². The number of rotatable bonds is 4. The van der Waals surface area contributed by atoms with Crippen molar-refractivity contribution in [2.45, 2.75) is 26.8 Å². The summed E-state index contributed by atoms with van der Waals surface area (Å²) in [7, 11) is 0. The lowest BCUT2D eigenvalue weighted by Gasteiger charge is -2.36. The number of benzene rings is 1. The highest BCUT2D eigenvalue weighted by atomic mass is 16.2. The molecule has 0 bridgehead atoms. The van der Waals surface area contributed by atoms with Gasteiger partial charge in [-0.25, -0.2) is 15.0 Å². The number of para-hydroxylation sites is 1. The van der Waals surface area contributed by atoms with Gasteiger partial charge in [0.15, 0.2) is 5.65 Å². The Kier molecular flexibility index (Phi) is 5.08. The van der Waals surface area contributed by atoms with E-state index in [2.05, 4.69) is 63.4 Å². The van der Waals surface area contributed by atoms with Crippen LogP contribution in [-0.2, 0) is 4.79 Å². The zero-order valence-electron chi connectivity index (χ0n) is 18.5. The first kappa shape index (κ1) is 20.2. The van der Waals surface area contributed by atoms with Crippen LogP contribution in [-0.4, -0.2) is 61.6 Å². The molecule has 0 saturated carbocycles. The smallest absolute Gasteiger partial charge is 0.227 e. The Morgan fingerprint density at radius 2 is 1.94 bits per heavy atom. The Balaban J connectivity index is 1.54. The summed E-state index contributed by atoms with van der Waals surface area (Å²) >= 11 is 0. The normalized spacial score (nSPS) is 15.3. The molecule has 1 aliphatic heterocycles. The molecule has 164 valence electrons. The van der Waals surface area contributed by atoms with Crippen LogP contribution in [0.5, 0.6) is 0 Å². The number of fused-ring (bicyclic) bond motifs is 2. The maximum absolute atomic E-state index is 11.8. The molecule has 1 aliphatic rings. The van der Waals surface area contributed by atoms with E-state index < -0.39 is 0 Å². The average molecular weight is 431 g/mol. The van der Waals surface area contributed by atoms with E-state index in [9.17, 15) is 4.79 Å². The van der Waals surface area contributed by atoms with E-state index >= 15 is 0 Å². The molecule has 9 nitrogen and oxygen atoms in total. The van der Waals surface area contributed by atoms with Crippen molar-refractivity contribution >= 4 is 34.2 Å². The highest BCUT2D eigenvalue weighted by molar-refractivity contribution is 5.85. The van der Waals surface area contributed by atoms with Crippen LogP contribution in [0.1, 0.15) is 31.0 Å². The Labute approximate surface area is 186 Å². The van der Waals surface area contributed by atoms with E-state index in [1.54, 1.807) is 17.6 Å². The van der Waals surface area contributed by atoms with Crippen LogP contribution in [0.15, 0.2) is 42.9 Å². The lowest BCUT2D eigenvalue weighted by atomic mass is 10.0. The van der Waals surface area contributed by atoms with Crippen molar-refractivity contribution in [1.29, 1.82) is 0 Å². The summed E-state index contributed by atoms with van der Waals surface area (Å²) in [6, 6.07) is 10.2. The molecule has 0 spiro atoms. The largest absolute Gasteiger partial charge is 0.353 e. The van der Waals surface area contributed by atoms with Crippen LogP contribution in [0, 0.1) is 6.92 Å². The van der Waals surface area contributed by atoms with Gasteiger partial charge in [0.2, 0.25) is 11.9 Å². The summed E-state index contributed by atoms with van der Waals surface area (Å²) in [5, 5.41) is 8.92. The fourth-order valence-corrected chi connectivity index (χ4v) is 4.28. The van der Waals surface area contributed by atoms with Crippen LogP contribution >= 0.6 is 0 Å². The molecule has 1 unspecified atom stereocenters. The molecule has 1 N–H and O–H groups in total. The lowest BCUT2D eigenvalue weighted by molar-refractivity contribution is -0.129. The lowest BCUT2D eigenvalue weighted by Crippen LogP contribution is -2.48. The van der Waals surface area contributed by atoms with Crippen molar-refractivity contribution < 1.29 is 4.79 Å². The predicted octanol–water partition coefficient (Wildman–Crippen LogP) is 2.82. The number of carbonyl (C=O) groups excluding carboxylic acids is 1. The van der Waals surface area contributed by atoms with Gasteiger partial charge >= 0.3 is 0 Å². The van der Waals surface area contributed by atoms with Crippen LogP contribution in [0.4, 0.5) is 11.8 Å². The number of amides is 1. The molecule has 3 aromatic heterocycles. The number of nitrogens with zero attached hydrogens (tertiary/aromatic N) is 7. The summed E-state index contributed by atoms with van der Waals surface area (Å²) in [4.78, 5) is 29.7. The highest BCUT2D eigenvalue weighted by Gasteiger charge is 2.24. The van der Waals surface area contributed by atoms with Gasteiger partial charge in [-0.2, -0.15) is 9.61 Å². The molecular formula is C23H26N8O. The van der Waals surface area contributed by atoms with Crippen molar-refractivity contribution in [3.8, 4) is 0 Å². The summed E-state index contributed by atoms with van der Waals surface area (Å²) in [5.74, 6) is 1.69. The van der Waals surface area contributed by atoms with Crippen molar-refractivity contribution in [2.24, 2.45) is 0 Å². The molecule has 1 fully saturated rings. The predicted molar refractivity (Wildman–Crippen MR) is 124 cm³/mol. The van der Waals surface area contributed by atoms with Crippen LogP contribution in [0.2, 0.25) is 0 Å². The van der Waals surface area contributed by atoms with Gasteiger partial charge in [-0.15, -0.1) is 0 Å². The molecule has 9 heteroatoms. The van der Waals surface area contributed by atoms with Crippen LogP contribution in [0.25, 0.3) is 16.6 Å². The molecule has 4 heterocycles. The van der Waals surface area contributed by atoms with E-state index in [4.69, 9.17) is 4.98 Å². The van der Waals surface area contributed by atoms with Crippen molar-refractivity contribution in [3.05, 3.63) is 54.0 Å². The molecule has 4 aromatic rings. The molecular weight excluding hydrogens is 404 g/mol. The second kappa shape index (κ2) is 8.07. The monoisotopic (exact) mass is 430 g/mol. The quantitative estimate of drug-likeness (QED) is 0.532. The van der Waals surface area contributed by atoms with E-state index in [1.165, 1.54) is 6.33 Å². The number of piperazine rings is 1. The van der Waals surface area contributed by atoms with Gasteiger partial charge in [-0.3, -0.25) is 4.79 Å². The second-order valence-corrected chi connectivity index (χ2v) is 8.21.